The van der Waals surface area contributed by atoms with Gasteiger partial charge in [-0.25, -0.2) is 0 Å². The Kier molecular flexibility index (Phi) is 2.15. The fourth-order valence-corrected chi connectivity index (χ4v) is 0.885. The first-order valence-electron chi connectivity index (χ1n) is 3.25. The van der Waals surface area contributed by atoms with E-state index in [2.05, 4.69) is 6.58 Å². The van der Waals surface area contributed by atoms with E-state index in [0.717, 1.165) is 13.1 Å². The summed E-state index contributed by atoms with van der Waals surface area (Å²) >= 11 is 0. The van der Waals surface area contributed by atoms with Gasteiger partial charge in [-0.05, 0) is 6.08 Å². The molecule has 1 heterocycles. The molecule has 0 bridgehead atoms. The number of rotatable bonds is 2. The van der Waals surface area contributed by atoms with Gasteiger partial charge in [-0.2, -0.15) is 0 Å². The van der Waals surface area contributed by atoms with E-state index in [4.69, 9.17) is 5.11 Å². The second-order valence-corrected chi connectivity index (χ2v) is 2.20. The van der Waals surface area contributed by atoms with Crippen molar-refractivity contribution in [3.63, 3.8) is 0 Å². The van der Waals surface area contributed by atoms with Crippen LogP contribution in [-0.2, 0) is 0 Å². The first-order valence-corrected chi connectivity index (χ1v) is 3.25. The Morgan fingerprint density at radius 2 is 2.60 bits per heavy atom. The van der Waals surface area contributed by atoms with Gasteiger partial charge in [-0.15, -0.1) is 6.58 Å². The van der Waals surface area contributed by atoms with Crippen LogP contribution < -0.4 is 0 Å². The van der Waals surface area contributed by atoms with Gasteiger partial charge in [0.15, 0.2) is 0 Å². The number of hydrogen-bond acceptors (Lipinski definition) is 2. The van der Waals surface area contributed by atoms with E-state index in [-0.39, 0.29) is 0 Å². The van der Waals surface area contributed by atoms with Crippen molar-refractivity contribution in [3.05, 3.63) is 36.8 Å². The Labute approximate surface area is 60.8 Å². The molecular formula is C8H11NO. The Morgan fingerprint density at radius 3 is 3.20 bits per heavy atom. The molecule has 54 valence electrons. The second kappa shape index (κ2) is 3.11. The fourth-order valence-electron chi connectivity index (χ4n) is 0.885. The normalized spacial score (nSPS) is 16.8. The van der Waals surface area contributed by atoms with Gasteiger partial charge in [0.05, 0.1) is 0 Å². The van der Waals surface area contributed by atoms with E-state index in [1.807, 2.05) is 17.1 Å². The van der Waals surface area contributed by atoms with Gasteiger partial charge in [0.25, 0.3) is 0 Å². The highest BCUT2D eigenvalue weighted by Crippen LogP contribution is 2.03. The summed E-state index contributed by atoms with van der Waals surface area (Å²) in [5.41, 5.74) is 0. The van der Waals surface area contributed by atoms with Crippen LogP contribution in [0, 0.1) is 0 Å². The molecule has 10 heavy (non-hydrogen) atoms. The molecule has 2 nitrogen and oxygen atoms in total. The summed E-state index contributed by atoms with van der Waals surface area (Å²) in [5.74, 6) is 0.313. The summed E-state index contributed by atoms with van der Waals surface area (Å²) in [6.45, 7) is 5.25. The van der Waals surface area contributed by atoms with Crippen molar-refractivity contribution in [2.24, 2.45) is 0 Å². The molecule has 0 aromatic rings. The smallest absolute Gasteiger partial charge is 0.131 e. The van der Waals surface area contributed by atoms with Crippen LogP contribution in [0.4, 0.5) is 0 Å². The molecule has 0 atom stereocenters. The fraction of sp³-hybridized carbons (Fsp3) is 0.250. The molecule has 1 aliphatic rings. The van der Waals surface area contributed by atoms with Gasteiger partial charge in [-0.1, -0.05) is 12.2 Å². The van der Waals surface area contributed by atoms with Crippen LogP contribution in [0.1, 0.15) is 0 Å². The summed E-state index contributed by atoms with van der Waals surface area (Å²) in [6.07, 6.45) is 7.13. The molecule has 0 aromatic heterocycles. The van der Waals surface area contributed by atoms with Crippen molar-refractivity contribution < 1.29 is 5.11 Å². The van der Waals surface area contributed by atoms with Crippen molar-refractivity contribution in [3.8, 4) is 0 Å². The Bertz CT molecular complexity index is 180. The van der Waals surface area contributed by atoms with Crippen LogP contribution >= 0.6 is 0 Å². The zero-order chi connectivity index (χ0) is 7.40. The molecule has 0 spiro atoms. The van der Waals surface area contributed by atoms with E-state index in [0.29, 0.717) is 5.76 Å². The lowest BCUT2D eigenvalue weighted by atomic mass is 10.3. The van der Waals surface area contributed by atoms with Crippen molar-refractivity contribution in [2.75, 3.05) is 13.1 Å². The van der Waals surface area contributed by atoms with E-state index in [1.165, 1.54) is 0 Å². The van der Waals surface area contributed by atoms with Gasteiger partial charge in [-0.3, -0.25) is 0 Å². The monoisotopic (exact) mass is 137 g/mol. The quantitative estimate of drug-likeness (QED) is 0.582. The lowest BCUT2D eigenvalue weighted by molar-refractivity contribution is 0.375. The zero-order valence-corrected chi connectivity index (χ0v) is 5.83. The van der Waals surface area contributed by atoms with Crippen LogP contribution in [0.5, 0.6) is 0 Å². The Balaban J connectivity index is 2.51. The van der Waals surface area contributed by atoms with Gasteiger partial charge in [0.2, 0.25) is 0 Å². The summed E-state index contributed by atoms with van der Waals surface area (Å²) < 4.78 is 0. The molecule has 2 heteroatoms. The average Bonchev–Trinajstić information content (AvgIpc) is 1.88. The molecule has 0 fully saturated rings. The van der Waals surface area contributed by atoms with E-state index in [1.54, 1.807) is 12.3 Å². The molecule has 1 aliphatic heterocycles. The van der Waals surface area contributed by atoms with Crippen LogP contribution in [-0.4, -0.2) is 23.1 Å². The number of aliphatic hydroxyl groups excluding tert-OH is 1. The third-order valence-electron chi connectivity index (χ3n) is 1.31. The SMILES string of the molecule is C=CCN1C=C(O)C=CC1. The predicted octanol–water partition coefficient (Wildman–Crippen LogP) is 1.44. The topological polar surface area (TPSA) is 23.5 Å². The van der Waals surface area contributed by atoms with Gasteiger partial charge in [0, 0.05) is 19.3 Å². The molecule has 0 aromatic carbocycles. The molecule has 0 amide bonds. The van der Waals surface area contributed by atoms with E-state index >= 15 is 0 Å². The number of hydrogen-bond donors (Lipinski definition) is 1. The standard InChI is InChI=1S/C8H11NO/c1-2-5-9-6-3-4-8(10)7-9/h2-4,7,10H,1,5-6H2. The maximum atomic E-state index is 9.00. The summed E-state index contributed by atoms with van der Waals surface area (Å²) in [6, 6.07) is 0. The highest BCUT2D eigenvalue weighted by molar-refractivity contribution is 5.15. The zero-order valence-electron chi connectivity index (χ0n) is 5.83. The minimum absolute atomic E-state index is 0.313. The minimum atomic E-state index is 0.313. The molecular weight excluding hydrogens is 126 g/mol. The van der Waals surface area contributed by atoms with Gasteiger partial charge >= 0.3 is 0 Å². The van der Waals surface area contributed by atoms with Gasteiger partial charge in [0.1, 0.15) is 5.76 Å². The molecule has 0 saturated heterocycles. The summed E-state index contributed by atoms with van der Waals surface area (Å²) in [4.78, 5) is 1.97. The first-order chi connectivity index (χ1) is 4.83. The second-order valence-electron chi connectivity index (χ2n) is 2.20. The first kappa shape index (κ1) is 6.93. The largest absolute Gasteiger partial charge is 0.506 e. The van der Waals surface area contributed by atoms with E-state index < -0.39 is 0 Å². The Hall–Kier alpha value is -1.18. The van der Waals surface area contributed by atoms with Crippen LogP contribution in [0.15, 0.2) is 36.8 Å². The third kappa shape index (κ3) is 1.65. The number of nitrogens with zero attached hydrogens (tertiary/aromatic N) is 1. The van der Waals surface area contributed by atoms with E-state index in [9.17, 15) is 0 Å². The predicted molar refractivity (Wildman–Crippen MR) is 41.6 cm³/mol. The van der Waals surface area contributed by atoms with Crippen molar-refractivity contribution in [1.29, 1.82) is 0 Å². The lowest BCUT2D eigenvalue weighted by Gasteiger charge is -2.18. The molecule has 0 aliphatic carbocycles. The minimum Gasteiger partial charge on any atom is -0.506 e. The van der Waals surface area contributed by atoms with Crippen molar-refractivity contribution in [2.45, 2.75) is 0 Å². The maximum Gasteiger partial charge on any atom is 0.131 e. The van der Waals surface area contributed by atoms with Crippen LogP contribution in [0.25, 0.3) is 0 Å². The maximum absolute atomic E-state index is 9.00. The van der Waals surface area contributed by atoms with Crippen LogP contribution in [0.3, 0.4) is 0 Å². The highest BCUT2D eigenvalue weighted by Gasteiger charge is 1.99. The van der Waals surface area contributed by atoms with Crippen molar-refractivity contribution in [1.82, 2.24) is 4.90 Å². The van der Waals surface area contributed by atoms with Crippen LogP contribution in [0.2, 0.25) is 0 Å². The lowest BCUT2D eigenvalue weighted by Crippen LogP contribution is -2.19. The number of allylic oxidation sites excluding steroid dienone is 1. The average molecular weight is 137 g/mol. The van der Waals surface area contributed by atoms with Gasteiger partial charge < -0.3 is 10.0 Å². The third-order valence-corrected chi connectivity index (χ3v) is 1.31. The summed E-state index contributed by atoms with van der Waals surface area (Å²) in [7, 11) is 0. The summed E-state index contributed by atoms with van der Waals surface area (Å²) in [5, 5.41) is 9.00. The number of aliphatic hydroxyl groups is 1. The molecule has 0 saturated carbocycles. The molecule has 0 unspecified atom stereocenters. The molecule has 0 radical (unpaired) electrons. The Morgan fingerprint density at radius 1 is 1.80 bits per heavy atom. The van der Waals surface area contributed by atoms with Crippen molar-refractivity contribution >= 4 is 0 Å². The highest BCUT2D eigenvalue weighted by atomic mass is 16.3. The molecule has 1 rings (SSSR count). The molecule has 1 N–H and O–H groups in total.